The molecule has 2 fully saturated rings. The van der Waals surface area contributed by atoms with Crippen molar-refractivity contribution in [1.82, 2.24) is 20.1 Å². The van der Waals surface area contributed by atoms with E-state index < -0.39 is 65.7 Å². The Morgan fingerprint density at radius 1 is 1.22 bits per heavy atom. The number of alkyl halides is 6. The van der Waals surface area contributed by atoms with Crippen LogP contribution in [0.15, 0.2) is 33.5 Å². The van der Waals surface area contributed by atoms with Crippen LogP contribution in [0, 0.1) is 0 Å². The molecule has 3 amide bonds. The van der Waals surface area contributed by atoms with Crippen molar-refractivity contribution >= 4 is 63.6 Å². The number of β-lactam (4-membered cyclic amide) rings is 1. The van der Waals surface area contributed by atoms with Crippen LogP contribution in [0.2, 0.25) is 0 Å². The van der Waals surface area contributed by atoms with Gasteiger partial charge in [0.25, 0.3) is 11.8 Å². The normalized spacial score (nSPS) is 21.5. The Bertz CT molecular complexity index is 1470. The zero-order valence-corrected chi connectivity index (χ0v) is 24.3. The molecule has 0 aliphatic carbocycles. The molecule has 0 unspecified atom stereocenters. The van der Waals surface area contributed by atoms with Crippen LogP contribution < -0.4 is 11.1 Å². The summed E-state index contributed by atoms with van der Waals surface area (Å²) in [7, 11) is 1.22. The van der Waals surface area contributed by atoms with Crippen LogP contribution in [0.3, 0.4) is 0 Å². The number of carbonyl (C=O) groups excluding carboxylic acids is 3. The van der Waals surface area contributed by atoms with Gasteiger partial charge in [0.15, 0.2) is 10.8 Å². The second-order valence-electron chi connectivity index (χ2n) is 9.15. The van der Waals surface area contributed by atoms with Crippen LogP contribution >= 0.6 is 23.1 Å². The molecule has 2 atom stereocenters. The molecule has 0 radical (unpaired) electrons. The molecule has 246 valence electrons. The van der Waals surface area contributed by atoms with E-state index in [1.54, 1.807) is 0 Å². The number of allylic oxidation sites excluding steroid dienone is 1. The largest absolute Gasteiger partial charge is 0.490 e. The third-order valence-corrected chi connectivity index (χ3v) is 8.02. The summed E-state index contributed by atoms with van der Waals surface area (Å²) in [6.07, 6.45) is -7.94. The minimum absolute atomic E-state index is 0.0362. The number of carbonyl (C=O) groups is 5. The summed E-state index contributed by atoms with van der Waals surface area (Å²) >= 11 is 2.20. The molecule has 4 rings (SSSR count). The number of aromatic nitrogens is 1. The Balaban J connectivity index is 0.000000707. The molecule has 45 heavy (non-hydrogen) atoms. The predicted molar refractivity (Wildman–Crippen MR) is 143 cm³/mol. The molecule has 3 aliphatic rings. The van der Waals surface area contributed by atoms with Gasteiger partial charge in [0.2, 0.25) is 5.91 Å². The summed E-state index contributed by atoms with van der Waals surface area (Å²) in [5.74, 6) is -6.50. The highest BCUT2D eigenvalue weighted by atomic mass is 32.2. The maximum Gasteiger partial charge on any atom is 0.490 e. The number of piperidine rings is 1. The number of nitrogen functional groups attached to an aromatic ring is 1. The third kappa shape index (κ3) is 8.44. The summed E-state index contributed by atoms with van der Waals surface area (Å²) in [6, 6.07) is -1.09. The van der Waals surface area contributed by atoms with Crippen molar-refractivity contribution in [1.29, 1.82) is 0 Å². The van der Waals surface area contributed by atoms with Crippen LogP contribution in [-0.2, 0) is 28.8 Å². The van der Waals surface area contributed by atoms with Crippen molar-refractivity contribution in [2.45, 2.75) is 36.6 Å². The fourth-order valence-electron chi connectivity index (χ4n) is 4.24. The summed E-state index contributed by atoms with van der Waals surface area (Å²) in [4.78, 5) is 69.7. The first kappa shape index (κ1) is 35.1. The number of carboxylic acids is 2. The monoisotopic (exact) mass is 688 g/mol. The molecule has 14 nitrogen and oxygen atoms in total. The number of thiazole rings is 1. The Morgan fingerprint density at radius 3 is 2.38 bits per heavy atom. The number of fused-ring (bicyclic) bond motifs is 1. The van der Waals surface area contributed by atoms with Gasteiger partial charge in [-0.15, -0.1) is 23.1 Å². The van der Waals surface area contributed by atoms with E-state index in [4.69, 9.17) is 20.5 Å². The van der Waals surface area contributed by atoms with E-state index in [0.717, 1.165) is 28.0 Å². The summed E-state index contributed by atoms with van der Waals surface area (Å²) in [5, 5.41) is 24.0. The van der Waals surface area contributed by atoms with E-state index in [1.165, 1.54) is 18.6 Å². The molecule has 5 N–H and O–H groups in total. The van der Waals surface area contributed by atoms with Gasteiger partial charge in [0.1, 0.15) is 36.5 Å². The first-order valence-corrected chi connectivity index (χ1v) is 14.2. The molecule has 0 bridgehead atoms. The molecular formula is C23H22F6N6O8S2. The van der Waals surface area contributed by atoms with Gasteiger partial charge in [0, 0.05) is 23.3 Å². The number of oxime groups is 1. The average Bonchev–Trinajstić information content (AvgIpc) is 3.36. The fourth-order valence-corrected chi connectivity index (χ4v) is 6.09. The zero-order chi connectivity index (χ0) is 33.9. The molecule has 3 aliphatic heterocycles. The number of hydrogen-bond donors (Lipinski definition) is 4. The fraction of sp³-hybridized carbons (Fsp3) is 0.435. The third-order valence-electron chi connectivity index (χ3n) is 6.05. The van der Waals surface area contributed by atoms with Crippen molar-refractivity contribution < 1.29 is 65.4 Å². The SMILES string of the molecule is CO/N=C(\C(=O)N[C@@H]1C(=O)N2C(C(=O)O)=C(/C=C3\CCCN(CC(F)(F)F)C3=O)CS[C@H]12)c1csc(N)n1.O=C(O)C(F)(F)F. The van der Waals surface area contributed by atoms with Crippen LogP contribution in [-0.4, -0.2) is 110 Å². The van der Waals surface area contributed by atoms with Gasteiger partial charge in [-0.3, -0.25) is 19.3 Å². The summed E-state index contributed by atoms with van der Waals surface area (Å²) in [6.45, 7) is -1.47. The van der Waals surface area contributed by atoms with Crippen LogP contribution in [0.25, 0.3) is 0 Å². The molecule has 0 spiro atoms. The summed E-state index contributed by atoms with van der Waals surface area (Å²) < 4.78 is 70.2. The van der Waals surface area contributed by atoms with Gasteiger partial charge < -0.3 is 31.0 Å². The number of rotatable bonds is 7. The lowest BCUT2D eigenvalue weighted by atomic mass is 9.98. The highest BCUT2D eigenvalue weighted by Gasteiger charge is 2.54. The molecule has 0 saturated carbocycles. The van der Waals surface area contributed by atoms with E-state index in [9.17, 15) is 50.6 Å². The molecule has 1 aromatic rings. The second kappa shape index (κ2) is 13.7. The van der Waals surface area contributed by atoms with Crippen LogP contribution in [0.4, 0.5) is 31.5 Å². The Morgan fingerprint density at radius 2 is 1.87 bits per heavy atom. The van der Waals surface area contributed by atoms with Gasteiger partial charge in [-0.2, -0.15) is 26.3 Å². The summed E-state index contributed by atoms with van der Waals surface area (Å²) in [5.41, 5.74) is 5.26. The van der Waals surface area contributed by atoms with Gasteiger partial charge in [-0.05, 0) is 24.5 Å². The number of likely N-dealkylation sites (tertiary alicyclic amines) is 1. The van der Waals surface area contributed by atoms with E-state index in [0.29, 0.717) is 4.90 Å². The number of halogens is 6. The van der Waals surface area contributed by atoms with Crippen molar-refractivity contribution in [3.05, 3.63) is 34.0 Å². The highest BCUT2D eigenvalue weighted by Crippen LogP contribution is 2.41. The topological polar surface area (TPSA) is 205 Å². The van der Waals surface area contributed by atoms with Gasteiger partial charge in [0.05, 0.1) is 0 Å². The quantitative estimate of drug-likeness (QED) is 0.106. The van der Waals surface area contributed by atoms with Crippen molar-refractivity contribution in [2.75, 3.05) is 31.7 Å². The number of amides is 3. The van der Waals surface area contributed by atoms with E-state index in [2.05, 4.69) is 15.5 Å². The van der Waals surface area contributed by atoms with Crippen molar-refractivity contribution in [3.8, 4) is 0 Å². The molecule has 22 heteroatoms. The zero-order valence-electron chi connectivity index (χ0n) is 22.6. The number of anilines is 1. The number of nitrogens with zero attached hydrogens (tertiary/aromatic N) is 4. The van der Waals surface area contributed by atoms with Crippen LogP contribution in [0.5, 0.6) is 0 Å². The number of thioether (sulfide) groups is 1. The van der Waals surface area contributed by atoms with Crippen LogP contribution in [0.1, 0.15) is 18.5 Å². The Kier molecular flexibility index (Phi) is 10.7. The first-order chi connectivity index (χ1) is 20.9. The average molecular weight is 689 g/mol. The first-order valence-electron chi connectivity index (χ1n) is 12.3. The second-order valence-corrected chi connectivity index (χ2v) is 11.1. The van der Waals surface area contributed by atoms with Gasteiger partial charge in [-0.25, -0.2) is 14.6 Å². The van der Waals surface area contributed by atoms with Crippen molar-refractivity contribution in [3.63, 3.8) is 0 Å². The molecule has 1 aromatic heterocycles. The Hall–Kier alpha value is -4.34. The van der Waals surface area contributed by atoms with E-state index in [1.807, 2.05) is 0 Å². The van der Waals surface area contributed by atoms with Gasteiger partial charge in [-0.1, -0.05) is 5.16 Å². The maximum atomic E-state index is 13.0. The smallest absolute Gasteiger partial charge is 0.477 e. The lowest BCUT2D eigenvalue weighted by Gasteiger charge is -2.49. The number of hydrogen-bond acceptors (Lipinski definition) is 11. The number of aliphatic carboxylic acids is 2. The number of carboxylic acid groups (broad SMARTS) is 2. The van der Waals surface area contributed by atoms with Crippen molar-refractivity contribution in [2.24, 2.45) is 5.16 Å². The lowest BCUT2D eigenvalue weighted by molar-refractivity contribution is -0.192. The standard InChI is InChI=1S/C21H21F3N6O6S2.C2HF3O2/c1-36-28-12(11-7-38-20(25)26-11)15(31)27-13-17(33)30-14(19(34)35)10(6-37-18(13)30)5-9-3-2-4-29(16(9)32)8-21(22,23)24;3-2(4,5)1(6)7/h5,7,13,18H,2-4,6,8H2,1H3,(H2,25,26)(H,27,31)(H,34,35);(H,6,7)/b9-5+,28-12-;/t13-,18-;/m1./s1. The lowest BCUT2D eigenvalue weighted by Crippen LogP contribution is -2.71. The maximum absolute atomic E-state index is 13.0. The molecule has 4 heterocycles. The minimum Gasteiger partial charge on any atom is -0.477 e. The number of nitrogens with two attached hydrogens (primary N) is 1. The van der Waals surface area contributed by atoms with E-state index >= 15 is 0 Å². The highest BCUT2D eigenvalue weighted by molar-refractivity contribution is 8.00. The molecular weight excluding hydrogens is 666 g/mol. The predicted octanol–water partition coefficient (Wildman–Crippen LogP) is 1.56. The Labute approximate surface area is 256 Å². The number of nitrogens with one attached hydrogen (secondary N) is 1. The van der Waals surface area contributed by atoms with E-state index in [-0.39, 0.29) is 52.8 Å². The van der Waals surface area contributed by atoms with Gasteiger partial charge >= 0.3 is 24.3 Å². The molecule has 2 saturated heterocycles. The molecule has 0 aromatic carbocycles. The minimum atomic E-state index is -5.08.